The summed E-state index contributed by atoms with van der Waals surface area (Å²) in [4.78, 5) is 3.94. The quantitative estimate of drug-likeness (QED) is 0.392. The highest BCUT2D eigenvalue weighted by molar-refractivity contribution is 5.80. The van der Waals surface area contributed by atoms with E-state index in [2.05, 4.69) is 20.7 Å². The van der Waals surface area contributed by atoms with Crippen molar-refractivity contribution in [3.63, 3.8) is 0 Å². The van der Waals surface area contributed by atoms with Crippen molar-refractivity contribution in [3.8, 4) is 0 Å². The number of hydrogen-bond acceptors (Lipinski definition) is 2. The lowest BCUT2D eigenvalue weighted by Gasteiger charge is -1.96. The van der Waals surface area contributed by atoms with Gasteiger partial charge in [0.05, 0.1) is 26.4 Å². The molecule has 0 amide bonds. The molecule has 1 aliphatic heterocycles. The Balaban J connectivity index is 2.08. The summed E-state index contributed by atoms with van der Waals surface area (Å²) in [5, 5.41) is 10.7. The van der Waals surface area contributed by atoms with Gasteiger partial charge in [0.1, 0.15) is 0 Å². The van der Waals surface area contributed by atoms with Gasteiger partial charge < -0.3 is 0 Å². The molecule has 2 rings (SSSR count). The summed E-state index contributed by atoms with van der Waals surface area (Å²) in [5.41, 5.74) is 1.04. The zero-order chi connectivity index (χ0) is 10.5. The molecule has 1 aromatic heterocycles. The molecule has 0 saturated carbocycles. The molecule has 5 heteroatoms. The molecule has 2 heterocycles. The molecule has 0 aromatic carbocycles. The minimum atomic E-state index is 0.945. The molecule has 0 unspecified atom stereocenters. The first kappa shape index (κ1) is 9.64. The summed E-state index contributed by atoms with van der Waals surface area (Å²) in [6.07, 6.45) is 5.30. The van der Waals surface area contributed by atoms with Crippen LogP contribution >= 0.6 is 0 Å². The van der Waals surface area contributed by atoms with Gasteiger partial charge in [0.25, 0.3) is 0 Å². The van der Waals surface area contributed by atoms with Crippen LogP contribution in [0.25, 0.3) is 0 Å². The normalized spacial score (nSPS) is 15.1. The van der Waals surface area contributed by atoms with Crippen molar-refractivity contribution in [2.45, 2.75) is 0 Å². The lowest BCUT2D eigenvalue weighted by Crippen LogP contribution is -2.31. The topological polar surface area (TPSA) is 52.3 Å². The van der Waals surface area contributed by atoms with E-state index in [-0.39, 0.29) is 0 Å². The molecule has 1 fully saturated rings. The number of hydrazone groups is 1. The molecule has 15 heavy (non-hydrogen) atoms. The smallest absolute Gasteiger partial charge is 0.273 e. The van der Waals surface area contributed by atoms with Gasteiger partial charge in [-0.3, -0.25) is 15.6 Å². The van der Waals surface area contributed by atoms with Crippen molar-refractivity contribution in [3.05, 3.63) is 30.1 Å². The maximum absolute atomic E-state index is 4.29. The predicted octanol–water partition coefficient (Wildman–Crippen LogP) is -0.393. The SMILES string of the molecule is C[N+](/N=C\c1ccncc1)=C1NCCN1. The summed E-state index contributed by atoms with van der Waals surface area (Å²) in [5.74, 6) is 0.945. The van der Waals surface area contributed by atoms with Gasteiger partial charge >= 0.3 is 5.96 Å². The van der Waals surface area contributed by atoms with E-state index in [4.69, 9.17) is 0 Å². The molecule has 2 N–H and O–H groups in total. The van der Waals surface area contributed by atoms with Gasteiger partial charge in [-0.05, 0) is 17.7 Å². The van der Waals surface area contributed by atoms with Gasteiger partial charge in [-0.2, -0.15) is 0 Å². The van der Waals surface area contributed by atoms with Gasteiger partial charge in [-0.1, -0.05) is 0 Å². The minimum Gasteiger partial charge on any atom is -0.273 e. The maximum Gasteiger partial charge on any atom is 0.369 e. The highest BCUT2D eigenvalue weighted by Crippen LogP contribution is 1.91. The molecule has 1 aliphatic rings. The van der Waals surface area contributed by atoms with E-state index < -0.39 is 0 Å². The van der Waals surface area contributed by atoms with Crippen LogP contribution < -0.4 is 10.6 Å². The number of nitrogens with zero attached hydrogens (tertiary/aromatic N) is 3. The van der Waals surface area contributed by atoms with Crippen molar-refractivity contribution >= 4 is 12.2 Å². The van der Waals surface area contributed by atoms with Crippen molar-refractivity contribution in [1.82, 2.24) is 15.6 Å². The highest BCUT2D eigenvalue weighted by atomic mass is 15.4. The van der Waals surface area contributed by atoms with Crippen LogP contribution in [0.2, 0.25) is 0 Å². The fourth-order valence-corrected chi connectivity index (χ4v) is 1.31. The summed E-state index contributed by atoms with van der Waals surface area (Å²) in [7, 11) is 1.90. The minimum absolute atomic E-state index is 0.945. The van der Waals surface area contributed by atoms with E-state index >= 15 is 0 Å². The van der Waals surface area contributed by atoms with Crippen LogP contribution in [-0.2, 0) is 0 Å². The summed E-state index contributed by atoms with van der Waals surface area (Å²) in [6.45, 7) is 1.90. The Morgan fingerprint density at radius 3 is 2.67 bits per heavy atom. The summed E-state index contributed by atoms with van der Waals surface area (Å²) < 4.78 is 1.79. The number of nitrogens with one attached hydrogen (secondary N) is 2. The Hall–Kier alpha value is -1.91. The molecule has 0 spiro atoms. The van der Waals surface area contributed by atoms with Crippen molar-refractivity contribution in [2.24, 2.45) is 5.10 Å². The Morgan fingerprint density at radius 1 is 1.33 bits per heavy atom. The van der Waals surface area contributed by atoms with Crippen LogP contribution in [0.3, 0.4) is 0 Å². The third-order valence-corrected chi connectivity index (χ3v) is 2.12. The van der Waals surface area contributed by atoms with Crippen LogP contribution in [-0.4, -0.2) is 42.0 Å². The summed E-state index contributed by atoms with van der Waals surface area (Å²) in [6, 6.07) is 3.83. The second kappa shape index (κ2) is 4.54. The van der Waals surface area contributed by atoms with E-state index in [1.54, 1.807) is 23.3 Å². The number of guanidine groups is 1. The lowest BCUT2D eigenvalue weighted by molar-refractivity contribution is -0.505. The van der Waals surface area contributed by atoms with Crippen LogP contribution in [0.15, 0.2) is 29.6 Å². The van der Waals surface area contributed by atoms with Gasteiger partial charge in [0.15, 0.2) is 0 Å². The van der Waals surface area contributed by atoms with Crippen LogP contribution in [0, 0.1) is 0 Å². The first-order chi connectivity index (χ1) is 7.36. The largest absolute Gasteiger partial charge is 0.369 e. The number of rotatable bonds is 2. The first-order valence-electron chi connectivity index (χ1n) is 4.89. The predicted molar refractivity (Wildman–Crippen MR) is 59.0 cm³/mol. The van der Waals surface area contributed by atoms with Crippen LogP contribution in [0.1, 0.15) is 5.56 Å². The summed E-state index contributed by atoms with van der Waals surface area (Å²) >= 11 is 0. The Labute approximate surface area is 88.5 Å². The Morgan fingerprint density at radius 2 is 2.00 bits per heavy atom. The van der Waals surface area contributed by atoms with Crippen molar-refractivity contribution in [1.29, 1.82) is 0 Å². The van der Waals surface area contributed by atoms with Crippen LogP contribution in [0.5, 0.6) is 0 Å². The Bertz CT molecular complexity index is 374. The zero-order valence-corrected chi connectivity index (χ0v) is 8.64. The fourth-order valence-electron chi connectivity index (χ4n) is 1.31. The van der Waals surface area contributed by atoms with Gasteiger partial charge in [-0.25, -0.2) is 0 Å². The van der Waals surface area contributed by atoms with Gasteiger partial charge in [-0.15, -0.1) is 9.79 Å². The molecule has 1 saturated heterocycles. The number of pyridine rings is 1. The van der Waals surface area contributed by atoms with E-state index in [0.717, 1.165) is 24.6 Å². The van der Waals surface area contributed by atoms with Crippen LogP contribution in [0.4, 0.5) is 0 Å². The number of hydrogen-bond donors (Lipinski definition) is 2. The molecule has 0 radical (unpaired) electrons. The second-order valence-electron chi connectivity index (χ2n) is 3.25. The van der Waals surface area contributed by atoms with Crippen molar-refractivity contribution in [2.75, 3.05) is 20.1 Å². The standard InChI is InChI=1S/C10H13N5/c1-15(10-12-6-7-13-10)14-8-9-2-4-11-5-3-9/h2-5,8H,6-7H2,1H3,(H,12,13)/p+1/b14-8-. The monoisotopic (exact) mass is 204 g/mol. The lowest BCUT2D eigenvalue weighted by atomic mass is 10.3. The molecule has 1 aromatic rings. The molecule has 0 aliphatic carbocycles. The number of aromatic nitrogens is 1. The van der Waals surface area contributed by atoms with E-state index in [1.807, 2.05) is 19.2 Å². The fraction of sp³-hybridized carbons (Fsp3) is 0.300. The van der Waals surface area contributed by atoms with Gasteiger partial charge in [0.2, 0.25) is 0 Å². The average Bonchev–Trinajstić information content (AvgIpc) is 2.81. The molecule has 0 atom stereocenters. The first-order valence-corrected chi connectivity index (χ1v) is 4.89. The zero-order valence-electron chi connectivity index (χ0n) is 8.64. The average molecular weight is 204 g/mol. The third kappa shape index (κ3) is 2.52. The molecular formula is C10H14N5+. The molecule has 78 valence electrons. The molecule has 0 bridgehead atoms. The second-order valence-corrected chi connectivity index (χ2v) is 3.25. The van der Waals surface area contributed by atoms with E-state index in [0.29, 0.717) is 0 Å². The van der Waals surface area contributed by atoms with Crippen molar-refractivity contribution < 1.29 is 4.68 Å². The van der Waals surface area contributed by atoms with E-state index in [9.17, 15) is 0 Å². The molecule has 5 nitrogen and oxygen atoms in total. The Kier molecular flexibility index (Phi) is 2.92. The van der Waals surface area contributed by atoms with Gasteiger partial charge in [0, 0.05) is 12.4 Å². The highest BCUT2D eigenvalue weighted by Gasteiger charge is 2.14. The maximum atomic E-state index is 4.29. The van der Waals surface area contributed by atoms with E-state index in [1.165, 1.54) is 0 Å². The molecular weight excluding hydrogens is 190 g/mol. The third-order valence-electron chi connectivity index (χ3n) is 2.12.